The normalized spacial score (nSPS) is 11.6. The number of rotatable bonds is 8. The Hall–Kier alpha value is -3.78. The Morgan fingerprint density at radius 2 is 1.09 bits per heavy atom. The molecule has 0 spiro atoms. The largest absolute Gasteiger partial charge is 0.489 e. The molecule has 0 N–H and O–H groups in total. The Labute approximate surface area is 197 Å². The van der Waals surface area contributed by atoms with E-state index in [2.05, 4.69) is 69.3 Å². The molecule has 0 bridgehead atoms. The molecule has 0 saturated heterocycles. The van der Waals surface area contributed by atoms with Crippen LogP contribution >= 0.6 is 0 Å². The molecule has 0 radical (unpaired) electrons. The SMILES string of the molecule is CC(=C(C)c1cc(OCc2ccccc2)ccc1C)c1ccc(OCc2ccccc2)cc1. The summed E-state index contributed by atoms with van der Waals surface area (Å²) in [7, 11) is 0. The highest BCUT2D eigenvalue weighted by molar-refractivity contribution is 5.90. The summed E-state index contributed by atoms with van der Waals surface area (Å²) in [4.78, 5) is 0. The van der Waals surface area contributed by atoms with E-state index in [0.717, 1.165) is 17.1 Å². The van der Waals surface area contributed by atoms with Gasteiger partial charge in [-0.2, -0.15) is 0 Å². The standard InChI is InChI=1S/C31H30O2/c1-23-14-17-30(33-22-27-12-8-5-9-13-27)20-31(23)25(3)24(2)28-15-18-29(19-16-28)32-21-26-10-6-4-7-11-26/h4-20H,21-22H2,1-3H3. The summed E-state index contributed by atoms with van der Waals surface area (Å²) in [5.74, 6) is 1.76. The first-order valence-electron chi connectivity index (χ1n) is 11.3. The van der Waals surface area contributed by atoms with E-state index in [1.807, 2.05) is 54.6 Å². The van der Waals surface area contributed by atoms with Crippen LogP contribution in [0.1, 0.15) is 41.7 Å². The van der Waals surface area contributed by atoms with Crippen LogP contribution < -0.4 is 9.47 Å². The average molecular weight is 435 g/mol. The minimum absolute atomic E-state index is 0.565. The van der Waals surface area contributed by atoms with Crippen LogP contribution in [-0.4, -0.2) is 0 Å². The average Bonchev–Trinajstić information content (AvgIpc) is 2.87. The Balaban J connectivity index is 1.47. The van der Waals surface area contributed by atoms with Crippen molar-refractivity contribution in [2.75, 3.05) is 0 Å². The van der Waals surface area contributed by atoms with E-state index < -0.39 is 0 Å². The van der Waals surface area contributed by atoms with Crippen LogP contribution in [0, 0.1) is 6.92 Å². The first-order valence-corrected chi connectivity index (χ1v) is 11.3. The fraction of sp³-hybridized carbons (Fsp3) is 0.161. The molecule has 0 heterocycles. The van der Waals surface area contributed by atoms with Gasteiger partial charge in [0.05, 0.1) is 0 Å². The van der Waals surface area contributed by atoms with Crippen molar-refractivity contribution >= 4 is 11.1 Å². The van der Waals surface area contributed by atoms with Gasteiger partial charge >= 0.3 is 0 Å². The lowest BCUT2D eigenvalue weighted by molar-refractivity contribution is 0.306. The molecule has 4 rings (SSSR count). The Kier molecular flexibility index (Phi) is 7.26. The summed E-state index contributed by atoms with van der Waals surface area (Å²) in [6.45, 7) is 7.64. The molecular weight excluding hydrogens is 404 g/mol. The summed E-state index contributed by atoms with van der Waals surface area (Å²) in [5.41, 5.74) is 8.46. The molecule has 2 nitrogen and oxygen atoms in total. The smallest absolute Gasteiger partial charge is 0.120 e. The van der Waals surface area contributed by atoms with Crippen molar-refractivity contribution in [3.63, 3.8) is 0 Å². The third-order valence-corrected chi connectivity index (χ3v) is 5.96. The van der Waals surface area contributed by atoms with Crippen molar-refractivity contribution in [2.24, 2.45) is 0 Å². The van der Waals surface area contributed by atoms with E-state index in [4.69, 9.17) is 9.47 Å². The quantitative estimate of drug-likeness (QED) is 0.261. The maximum atomic E-state index is 6.06. The zero-order valence-electron chi connectivity index (χ0n) is 19.5. The second kappa shape index (κ2) is 10.7. The highest BCUT2D eigenvalue weighted by atomic mass is 16.5. The summed E-state index contributed by atoms with van der Waals surface area (Å²) in [6.07, 6.45) is 0. The minimum atomic E-state index is 0.565. The van der Waals surface area contributed by atoms with Gasteiger partial charge in [-0.05, 0) is 84.0 Å². The van der Waals surface area contributed by atoms with Gasteiger partial charge in [-0.1, -0.05) is 78.9 Å². The maximum Gasteiger partial charge on any atom is 0.120 e. The molecule has 0 unspecified atom stereocenters. The van der Waals surface area contributed by atoms with E-state index >= 15 is 0 Å². The predicted octanol–water partition coefficient (Wildman–Crippen LogP) is 8.10. The summed E-state index contributed by atoms with van der Waals surface area (Å²) in [5, 5.41) is 0. The van der Waals surface area contributed by atoms with Crippen LogP contribution in [-0.2, 0) is 13.2 Å². The van der Waals surface area contributed by atoms with E-state index in [0.29, 0.717) is 13.2 Å². The van der Waals surface area contributed by atoms with Gasteiger partial charge in [-0.25, -0.2) is 0 Å². The van der Waals surface area contributed by atoms with Gasteiger partial charge in [0.2, 0.25) is 0 Å². The van der Waals surface area contributed by atoms with Crippen molar-refractivity contribution in [2.45, 2.75) is 34.0 Å². The molecule has 0 fully saturated rings. The number of allylic oxidation sites excluding steroid dienone is 2. The van der Waals surface area contributed by atoms with E-state index in [9.17, 15) is 0 Å². The number of aryl methyl sites for hydroxylation is 1. The molecule has 0 atom stereocenters. The highest BCUT2D eigenvalue weighted by Gasteiger charge is 2.09. The molecule has 33 heavy (non-hydrogen) atoms. The first-order chi connectivity index (χ1) is 16.1. The van der Waals surface area contributed by atoms with Gasteiger partial charge < -0.3 is 9.47 Å². The van der Waals surface area contributed by atoms with Gasteiger partial charge in [0.25, 0.3) is 0 Å². The third-order valence-electron chi connectivity index (χ3n) is 5.96. The molecule has 0 aliphatic rings. The van der Waals surface area contributed by atoms with Crippen LogP contribution in [0.5, 0.6) is 11.5 Å². The zero-order valence-corrected chi connectivity index (χ0v) is 19.5. The molecule has 0 saturated carbocycles. The fourth-order valence-electron chi connectivity index (χ4n) is 3.80. The molecule has 4 aromatic rings. The minimum Gasteiger partial charge on any atom is -0.489 e. The summed E-state index contributed by atoms with van der Waals surface area (Å²) in [6, 6.07) is 35.1. The van der Waals surface area contributed by atoms with Crippen molar-refractivity contribution < 1.29 is 9.47 Å². The Morgan fingerprint density at radius 3 is 1.67 bits per heavy atom. The first kappa shape index (κ1) is 22.4. The van der Waals surface area contributed by atoms with Gasteiger partial charge in [0.1, 0.15) is 24.7 Å². The monoisotopic (exact) mass is 434 g/mol. The van der Waals surface area contributed by atoms with Gasteiger partial charge in [-0.3, -0.25) is 0 Å². The van der Waals surface area contributed by atoms with Gasteiger partial charge in [-0.15, -0.1) is 0 Å². The summed E-state index contributed by atoms with van der Waals surface area (Å²) >= 11 is 0. The molecular formula is C31H30O2. The molecule has 0 aromatic heterocycles. The van der Waals surface area contributed by atoms with E-state index in [1.54, 1.807) is 0 Å². The third kappa shape index (κ3) is 5.93. The lowest BCUT2D eigenvalue weighted by Gasteiger charge is -2.14. The molecule has 0 aliphatic carbocycles. The second-order valence-corrected chi connectivity index (χ2v) is 8.30. The van der Waals surface area contributed by atoms with Crippen LogP contribution in [0.3, 0.4) is 0 Å². The van der Waals surface area contributed by atoms with E-state index in [1.165, 1.54) is 33.4 Å². The van der Waals surface area contributed by atoms with Gasteiger partial charge in [0, 0.05) is 0 Å². The Morgan fingerprint density at radius 1 is 0.576 bits per heavy atom. The van der Waals surface area contributed by atoms with Crippen molar-refractivity contribution in [3.8, 4) is 11.5 Å². The predicted molar refractivity (Wildman–Crippen MR) is 137 cm³/mol. The van der Waals surface area contributed by atoms with Crippen LogP contribution in [0.2, 0.25) is 0 Å². The fourth-order valence-corrected chi connectivity index (χ4v) is 3.80. The second-order valence-electron chi connectivity index (χ2n) is 8.30. The highest BCUT2D eigenvalue weighted by Crippen LogP contribution is 2.31. The van der Waals surface area contributed by atoms with E-state index in [-0.39, 0.29) is 0 Å². The number of hydrogen-bond donors (Lipinski definition) is 0. The molecule has 4 aromatic carbocycles. The maximum absolute atomic E-state index is 6.06. The number of benzene rings is 4. The topological polar surface area (TPSA) is 18.5 Å². The lowest BCUT2D eigenvalue weighted by Crippen LogP contribution is -1.97. The van der Waals surface area contributed by atoms with Crippen LogP contribution in [0.15, 0.2) is 103 Å². The Bertz CT molecular complexity index is 1210. The molecule has 166 valence electrons. The van der Waals surface area contributed by atoms with Crippen LogP contribution in [0.4, 0.5) is 0 Å². The lowest BCUT2D eigenvalue weighted by atomic mass is 9.94. The summed E-state index contributed by atoms with van der Waals surface area (Å²) < 4.78 is 12.0. The number of ether oxygens (including phenoxy) is 2. The number of hydrogen-bond acceptors (Lipinski definition) is 2. The molecule has 0 amide bonds. The zero-order chi connectivity index (χ0) is 23.0. The van der Waals surface area contributed by atoms with Crippen molar-refractivity contribution in [3.05, 3.63) is 131 Å². The van der Waals surface area contributed by atoms with Gasteiger partial charge in [0.15, 0.2) is 0 Å². The molecule has 2 heteroatoms. The van der Waals surface area contributed by atoms with Crippen molar-refractivity contribution in [1.29, 1.82) is 0 Å². The van der Waals surface area contributed by atoms with Crippen molar-refractivity contribution in [1.82, 2.24) is 0 Å². The van der Waals surface area contributed by atoms with Crippen LogP contribution in [0.25, 0.3) is 11.1 Å². The molecule has 0 aliphatic heterocycles.